The van der Waals surface area contributed by atoms with Crippen LogP contribution in [0, 0.1) is 5.82 Å². The molecule has 0 spiro atoms. The molecule has 0 fully saturated rings. The summed E-state index contributed by atoms with van der Waals surface area (Å²) in [6.07, 6.45) is 4.99. The molecule has 0 aliphatic carbocycles. The van der Waals surface area contributed by atoms with E-state index in [1.807, 2.05) is 11.4 Å². The van der Waals surface area contributed by atoms with Gasteiger partial charge in [0.2, 0.25) is 0 Å². The molecule has 0 aliphatic rings. The zero-order valence-electron chi connectivity index (χ0n) is 14.5. The van der Waals surface area contributed by atoms with Crippen LogP contribution in [-0.2, 0) is 13.1 Å². The number of aromatic nitrogens is 4. The van der Waals surface area contributed by atoms with Crippen LogP contribution in [0.2, 0.25) is 5.02 Å². The summed E-state index contributed by atoms with van der Waals surface area (Å²) in [5.41, 5.74) is 1.49. The van der Waals surface area contributed by atoms with Gasteiger partial charge in [0.25, 0.3) is 5.91 Å². The highest BCUT2D eigenvalue weighted by atomic mass is 35.5. The van der Waals surface area contributed by atoms with Gasteiger partial charge in [0.1, 0.15) is 5.82 Å². The zero-order valence-corrected chi connectivity index (χ0v) is 16.1. The van der Waals surface area contributed by atoms with Crippen LogP contribution >= 0.6 is 22.9 Å². The average molecular weight is 416 g/mol. The first kappa shape index (κ1) is 18.4. The molecule has 9 heteroatoms. The number of amides is 1. The van der Waals surface area contributed by atoms with Gasteiger partial charge >= 0.3 is 0 Å². The summed E-state index contributed by atoms with van der Waals surface area (Å²) in [7, 11) is 0. The first-order chi connectivity index (χ1) is 13.6. The van der Waals surface area contributed by atoms with Crippen LogP contribution in [0.3, 0.4) is 0 Å². The third kappa shape index (κ3) is 4.29. The van der Waals surface area contributed by atoms with Crippen molar-refractivity contribution in [1.29, 1.82) is 0 Å². The molecule has 0 bridgehead atoms. The quantitative estimate of drug-likeness (QED) is 0.511. The smallest absolute Gasteiger partial charge is 0.266 e. The molecule has 0 saturated carbocycles. The molecule has 1 aromatic carbocycles. The first-order valence-corrected chi connectivity index (χ1v) is 9.66. The minimum atomic E-state index is -0.284. The Kier molecular flexibility index (Phi) is 5.23. The highest BCUT2D eigenvalue weighted by Gasteiger charge is 2.12. The minimum Gasteiger partial charge on any atom is -0.304 e. The molecule has 0 atom stereocenters. The molecule has 1 amide bonds. The normalized spacial score (nSPS) is 10.9. The predicted molar refractivity (Wildman–Crippen MR) is 106 cm³/mol. The van der Waals surface area contributed by atoms with Crippen LogP contribution in [0.25, 0.3) is 0 Å². The van der Waals surface area contributed by atoms with Gasteiger partial charge in [-0.3, -0.25) is 14.2 Å². The minimum absolute atomic E-state index is 0.245. The van der Waals surface area contributed by atoms with E-state index in [2.05, 4.69) is 15.5 Å². The number of carbonyl (C=O) groups excluding carboxylic acids is 1. The Morgan fingerprint density at radius 3 is 2.86 bits per heavy atom. The molecule has 1 N–H and O–H groups in total. The highest BCUT2D eigenvalue weighted by molar-refractivity contribution is 7.12. The second-order valence-corrected chi connectivity index (χ2v) is 7.47. The van der Waals surface area contributed by atoms with E-state index in [-0.39, 0.29) is 18.3 Å². The van der Waals surface area contributed by atoms with E-state index in [0.717, 1.165) is 5.56 Å². The molecule has 0 aliphatic heterocycles. The second kappa shape index (κ2) is 7.95. The number of hydrogen-bond acceptors (Lipinski definition) is 4. The Bertz CT molecular complexity index is 1120. The number of thiophene rings is 1. The van der Waals surface area contributed by atoms with Crippen molar-refractivity contribution in [2.45, 2.75) is 13.1 Å². The maximum Gasteiger partial charge on any atom is 0.266 e. The zero-order chi connectivity index (χ0) is 19.5. The summed E-state index contributed by atoms with van der Waals surface area (Å²) >= 11 is 7.20. The van der Waals surface area contributed by atoms with Gasteiger partial charge in [-0.25, -0.2) is 4.39 Å². The molecule has 142 valence electrons. The van der Waals surface area contributed by atoms with Gasteiger partial charge in [-0.15, -0.1) is 11.3 Å². The number of halogens is 2. The van der Waals surface area contributed by atoms with Gasteiger partial charge in [-0.1, -0.05) is 29.8 Å². The van der Waals surface area contributed by atoms with Gasteiger partial charge in [0.15, 0.2) is 5.82 Å². The lowest BCUT2D eigenvalue weighted by Crippen LogP contribution is -2.11. The lowest BCUT2D eigenvalue weighted by Gasteiger charge is -2.03. The lowest BCUT2D eigenvalue weighted by molar-refractivity contribution is 0.103. The van der Waals surface area contributed by atoms with Crippen molar-refractivity contribution in [3.8, 4) is 0 Å². The highest BCUT2D eigenvalue weighted by Crippen LogP contribution is 2.18. The third-order valence-electron chi connectivity index (χ3n) is 4.00. The molecule has 4 aromatic rings. The summed E-state index contributed by atoms with van der Waals surface area (Å²) in [6.45, 7) is 0.825. The molecular formula is C19H15ClFN5OS. The van der Waals surface area contributed by atoms with Crippen LogP contribution in [0.4, 0.5) is 10.2 Å². The average Bonchev–Trinajstić information content (AvgIpc) is 3.40. The summed E-state index contributed by atoms with van der Waals surface area (Å²) in [4.78, 5) is 13.0. The largest absolute Gasteiger partial charge is 0.304 e. The van der Waals surface area contributed by atoms with Crippen LogP contribution in [0.1, 0.15) is 20.8 Å². The monoisotopic (exact) mass is 415 g/mol. The molecule has 0 unspecified atom stereocenters. The fourth-order valence-electron chi connectivity index (χ4n) is 2.68. The van der Waals surface area contributed by atoms with Crippen LogP contribution in [0.15, 0.2) is 60.4 Å². The van der Waals surface area contributed by atoms with Crippen LogP contribution < -0.4 is 5.32 Å². The van der Waals surface area contributed by atoms with E-state index >= 15 is 0 Å². The number of nitrogens with one attached hydrogen (secondary N) is 1. The Hall–Kier alpha value is -2.97. The van der Waals surface area contributed by atoms with Gasteiger partial charge in [0.05, 0.1) is 29.2 Å². The summed E-state index contributed by atoms with van der Waals surface area (Å²) < 4.78 is 17.0. The van der Waals surface area contributed by atoms with E-state index in [1.54, 1.807) is 52.2 Å². The van der Waals surface area contributed by atoms with E-state index in [4.69, 9.17) is 11.6 Å². The Balaban J connectivity index is 1.39. The van der Waals surface area contributed by atoms with Gasteiger partial charge in [-0.05, 0) is 23.1 Å². The number of nitrogens with zero attached hydrogens (tertiary/aromatic N) is 4. The van der Waals surface area contributed by atoms with Crippen molar-refractivity contribution in [2.75, 3.05) is 5.32 Å². The fourth-order valence-corrected chi connectivity index (χ4v) is 3.64. The third-order valence-corrected chi connectivity index (χ3v) is 5.17. The molecular weight excluding hydrogens is 401 g/mol. The maximum absolute atomic E-state index is 13.8. The maximum atomic E-state index is 13.8. The molecule has 0 radical (unpaired) electrons. The topological polar surface area (TPSA) is 64.7 Å². The molecule has 0 saturated heterocycles. The number of carbonyl (C=O) groups is 1. The molecule has 3 aromatic heterocycles. The van der Waals surface area contributed by atoms with Gasteiger partial charge < -0.3 is 5.32 Å². The van der Waals surface area contributed by atoms with E-state index in [0.29, 0.717) is 27.8 Å². The van der Waals surface area contributed by atoms with E-state index in [9.17, 15) is 9.18 Å². The van der Waals surface area contributed by atoms with Crippen molar-refractivity contribution in [3.05, 3.63) is 87.2 Å². The van der Waals surface area contributed by atoms with Crippen molar-refractivity contribution in [2.24, 2.45) is 0 Å². The number of anilines is 1. The number of benzene rings is 1. The Morgan fingerprint density at radius 1 is 1.21 bits per heavy atom. The van der Waals surface area contributed by atoms with Crippen molar-refractivity contribution < 1.29 is 9.18 Å². The fraction of sp³-hybridized carbons (Fsp3) is 0.105. The molecule has 3 heterocycles. The molecule has 4 rings (SSSR count). The van der Waals surface area contributed by atoms with Gasteiger partial charge in [-0.2, -0.15) is 10.2 Å². The van der Waals surface area contributed by atoms with Crippen molar-refractivity contribution in [3.63, 3.8) is 0 Å². The van der Waals surface area contributed by atoms with Crippen LogP contribution in [-0.4, -0.2) is 25.5 Å². The predicted octanol–water partition coefficient (Wildman–Crippen LogP) is 4.28. The van der Waals surface area contributed by atoms with E-state index in [1.165, 1.54) is 17.4 Å². The standard InChI is InChI=1S/C19H15ClFN5OS/c20-15-8-22-26(11-15)9-13-7-17(28-12-13)19(27)23-18-5-6-25(24-18)10-14-3-1-2-4-16(14)21/h1-8,11-12H,9-10H2,(H,23,24,27). The van der Waals surface area contributed by atoms with Crippen molar-refractivity contribution >= 4 is 34.7 Å². The summed E-state index contributed by atoms with van der Waals surface area (Å²) in [5.74, 6) is -0.116. The number of rotatable bonds is 6. The summed E-state index contributed by atoms with van der Waals surface area (Å²) in [5, 5.41) is 13.6. The SMILES string of the molecule is O=C(Nc1ccn(Cc2ccccc2F)n1)c1cc(Cn2cc(Cl)cn2)cs1. The molecule has 6 nitrogen and oxygen atoms in total. The van der Waals surface area contributed by atoms with Gasteiger partial charge in [0, 0.05) is 24.0 Å². The lowest BCUT2D eigenvalue weighted by atomic mass is 10.2. The Labute approximate surface area is 169 Å². The second-order valence-electron chi connectivity index (χ2n) is 6.12. The number of hydrogen-bond donors (Lipinski definition) is 1. The van der Waals surface area contributed by atoms with Crippen LogP contribution in [0.5, 0.6) is 0 Å². The summed E-state index contributed by atoms with van der Waals surface area (Å²) in [6, 6.07) is 10.0. The van der Waals surface area contributed by atoms with E-state index < -0.39 is 0 Å². The first-order valence-electron chi connectivity index (χ1n) is 8.40. The molecule has 28 heavy (non-hydrogen) atoms. The Morgan fingerprint density at radius 2 is 2.07 bits per heavy atom. The van der Waals surface area contributed by atoms with Crippen molar-refractivity contribution in [1.82, 2.24) is 19.6 Å².